The number of hydrogen-bond donors (Lipinski definition) is 1. The number of fused-ring (bicyclic) bond motifs is 1. The zero-order valence-electron chi connectivity index (χ0n) is 15.4. The molecule has 2 aromatic rings. The molecule has 0 aliphatic heterocycles. The minimum Gasteiger partial charge on any atom is -0.339 e. The van der Waals surface area contributed by atoms with E-state index < -0.39 is 11.6 Å². The second kappa shape index (κ2) is 8.17. The minimum absolute atomic E-state index is 0.0298. The van der Waals surface area contributed by atoms with Gasteiger partial charge in [0, 0.05) is 35.6 Å². The highest BCUT2D eigenvalue weighted by Crippen LogP contribution is 2.33. The molecule has 3 rings (SSSR count). The zero-order chi connectivity index (χ0) is 19.6. The summed E-state index contributed by atoms with van der Waals surface area (Å²) in [5.41, 5.74) is 1.28. The second-order valence-corrected chi connectivity index (χ2v) is 7.73. The fraction of sp³-hybridized carbons (Fsp3) is 0.400. The van der Waals surface area contributed by atoms with E-state index in [9.17, 15) is 18.4 Å². The Kier molecular flexibility index (Phi) is 5.89. The molecule has 1 heterocycles. The summed E-state index contributed by atoms with van der Waals surface area (Å²) < 4.78 is 26.3. The van der Waals surface area contributed by atoms with E-state index in [-0.39, 0.29) is 23.4 Å². The molecule has 1 aromatic carbocycles. The normalized spacial score (nSPS) is 15.9. The monoisotopic (exact) mass is 392 g/mol. The standard InChI is InChI=1S/C20H22F2N2O2S/c1-3-24(4-2)20(26)18-10-13-9-12(5-8-17(13)27-18)19(25)23-14-6-7-15(21)16(22)11-14/h6-7,10-12H,3-5,8-9H2,1-2H3,(H,23,25)/t12-/m1/s1. The van der Waals surface area contributed by atoms with Crippen LogP contribution in [0.4, 0.5) is 14.5 Å². The molecular formula is C20H22F2N2O2S. The van der Waals surface area contributed by atoms with E-state index in [1.807, 2.05) is 19.9 Å². The lowest BCUT2D eigenvalue weighted by Gasteiger charge is -2.21. The first-order valence-corrected chi connectivity index (χ1v) is 9.91. The number of hydrogen-bond acceptors (Lipinski definition) is 3. The number of nitrogens with zero attached hydrogens (tertiary/aromatic N) is 1. The SMILES string of the molecule is CCN(CC)C(=O)c1cc2c(s1)CC[C@@H](C(=O)Nc1ccc(F)c(F)c1)C2. The van der Waals surface area contributed by atoms with Crippen molar-refractivity contribution in [2.75, 3.05) is 18.4 Å². The molecule has 1 aliphatic carbocycles. The molecule has 0 saturated heterocycles. The predicted octanol–water partition coefficient (Wildman–Crippen LogP) is 4.25. The van der Waals surface area contributed by atoms with E-state index in [0.717, 1.165) is 29.0 Å². The van der Waals surface area contributed by atoms with Gasteiger partial charge in [-0.15, -0.1) is 11.3 Å². The Labute approximate surface area is 161 Å². The van der Waals surface area contributed by atoms with E-state index in [0.29, 0.717) is 30.8 Å². The molecule has 0 fully saturated rings. The molecule has 2 amide bonds. The largest absolute Gasteiger partial charge is 0.339 e. The molecule has 1 aromatic heterocycles. The Morgan fingerprint density at radius 3 is 2.59 bits per heavy atom. The van der Waals surface area contributed by atoms with Crippen LogP contribution in [-0.4, -0.2) is 29.8 Å². The van der Waals surface area contributed by atoms with Crippen LogP contribution in [0.15, 0.2) is 24.3 Å². The lowest BCUT2D eigenvalue weighted by atomic mass is 9.87. The Morgan fingerprint density at radius 2 is 1.93 bits per heavy atom. The molecule has 0 bridgehead atoms. The molecule has 144 valence electrons. The summed E-state index contributed by atoms with van der Waals surface area (Å²) >= 11 is 1.51. The zero-order valence-corrected chi connectivity index (χ0v) is 16.2. The van der Waals surface area contributed by atoms with Gasteiger partial charge in [-0.3, -0.25) is 9.59 Å². The van der Waals surface area contributed by atoms with Gasteiger partial charge in [0.2, 0.25) is 5.91 Å². The highest BCUT2D eigenvalue weighted by molar-refractivity contribution is 7.14. The van der Waals surface area contributed by atoms with Crippen molar-refractivity contribution in [2.24, 2.45) is 5.92 Å². The average molecular weight is 392 g/mol. The lowest BCUT2D eigenvalue weighted by Crippen LogP contribution is -2.29. The number of thiophene rings is 1. The Hall–Kier alpha value is -2.28. The molecule has 1 atom stereocenters. The molecule has 7 heteroatoms. The van der Waals surface area contributed by atoms with Crippen molar-refractivity contribution >= 4 is 28.8 Å². The van der Waals surface area contributed by atoms with E-state index in [1.54, 1.807) is 4.90 Å². The first-order chi connectivity index (χ1) is 12.9. The molecule has 1 N–H and O–H groups in total. The highest BCUT2D eigenvalue weighted by atomic mass is 32.1. The van der Waals surface area contributed by atoms with Crippen LogP contribution in [0.3, 0.4) is 0 Å². The van der Waals surface area contributed by atoms with Crippen LogP contribution in [0, 0.1) is 17.6 Å². The van der Waals surface area contributed by atoms with Gasteiger partial charge in [0.15, 0.2) is 11.6 Å². The molecular weight excluding hydrogens is 370 g/mol. The fourth-order valence-electron chi connectivity index (χ4n) is 3.34. The van der Waals surface area contributed by atoms with Gasteiger partial charge in [0.05, 0.1) is 4.88 Å². The Balaban J connectivity index is 1.69. The van der Waals surface area contributed by atoms with E-state index in [2.05, 4.69) is 5.32 Å². The van der Waals surface area contributed by atoms with E-state index in [1.165, 1.54) is 17.4 Å². The summed E-state index contributed by atoms with van der Waals surface area (Å²) in [7, 11) is 0. The van der Waals surface area contributed by atoms with Crippen molar-refractivity contribution < 1.29 is 18.4 Å². The van der Waals surface area contributed by atoms with Gasteiger partial charge < -0.3 is 10.2 Å². The lowest BCUT2D eigenvalue weighted by molar-refractivity contribution is -0.120. The highest BCUT2D eigenvalue weighted by Gasteiger charge is 2.28. The van der Waals surface area contributed by atoms with Crippen molar-refractivity contribution in [3.63, 3.8) is 0 Å². The Bertz CT molecular complexity index is 862. The quantitative estimate of drug-likeness (QED) is 0.827. The minimum atomic E-state index is -0.990. The number of carbonyl (C=O) groups is 2. The van der Waals surface area contributed by atoms with Crippen LogP contribution in [0.25, 0.3) is 0 Å². The topological polar surface area (TPSA) is 49.4 Å². The summed E-state index contributed by atoms with van der Waals surface area (Å²) in [6, 6.07) is 5.22. The molecule has 0 saturated carbocycles. The number of amides is 2. The van der Waals surface area contributed by atoms with Crippen molar-refractivity contribution in [3.05, 3.63) is 51.2 Å². The van der Waals surface area contributed by atoms with Crippen LogP contribution in [0.1, 0.15) is 40.4 Å². The number of halogens is 2. The average Bonchev–Trinajstić information content (AvgIpc) is 3.09. The van der Waals surface area contributed by atoms with Crippen LogP contribution in [0.2, 0.25) is 0 Å². The number of nitrogens with one attached hydrogen (secondary N) is 1. The predicted molar refractivity (Wildman–Crippen MR) is 102 cm³/mol. The third kappa shape index (κ3) is 4.18. The summed E-state index contributed by atoms with van der Waals surface area (Å²) in [5, 5.41) is 2.66. The smallest absolute Gasteiger partial charge is 0.263 e. The maximum Gasteiger partial charge on any atom is 0.263 e. The van der Waals surface area contributed by atoms with Gasteiger partial charge in [0.25, 0.3) is 5.91 Å². The van der Waals surface area contributed by atoms with Gasteiger partial charge >= 0.3 is 0 Å². The molecule has 4 nitrogen and oxygen atoms in total. The van der Waals surface area contributed by atoms with Crippen molar-refractivity contribution in [2.45, 2.75) is 33.1 Å². The fourth-order valence-corrected chi connectivity index (χ4v) is 4.51. The molecule has 0 radical (unpaired) electrons. The summed E-state index contributed by atoms with van der Waals surface area (Å²) in [5.74, 6) is -2.37. The van der Waals surface area contributed by atoms with Gasteiger partial charge in [0.1, 0.15) is 0 Å². The number of carbonyl (C=O) groups excluding carboxylic acids is 2. The summed E-state index contributed by atoms with van der Waals surface area (Å²) in [6.07, 6.45) is 1.95. The third-order valence-corrected chi connectivity index (χ3v) is 6.13. The molecule has 1 aliphatic rings. The first kappa shape index (κ1) is 19.5. The second-order valence-electron chi connectivity index (χ2n) is 6.59. The van der Waals surface area contributed by atoms with Crippen LogP contribution in [0.5, 0.6) is 0 Å². The van der Waals surface area contributed by atoms with Crippen molar-refractivity contribution in [3.8, 4) is 0 Å². The van der Waals surface area contributed by atoms with Gasteiger partial charge in [-0.05, 0) is 56.9 Å². The van der Waals surface area contributed by atoms with Gasteiger partial charge in [-0.2, -0.15) is 0 Å². The first-order valence-electron chi connectivity index (χ1n) is 9.09. The molecule has 0 spiro atoms. The van der Waals surface area contributed by atoms with E-state index >= 15 is 0 Å². The van der Waals surface area contributed by atoms with Gasteiger partial charge in [-0.25, -0.2) is 8.78 Å². The summed E-state index contributed by atoms with van der Waals surface area (Å²) in [6.45, 7) is 5.23. The van der Waals surface area contributed by atoms with Crippen LogP contribution >= 0.6 is 11.3 Å². The maximum absolute atomic E-state index is 13.3. The Morgan fingerprint density at radius 1 is 1.19 bits per heavy atom. The number of aryl methyl sites for hydroxylation is 1. The third-order valence-electron chi connectivity index (χ3n) is 4.90. The van der Waals surface area contributed by atoms with Crippen LogP contribution < -0.4 is 5.32 Å². The molecule has 0 unspecified atom stereocenters. The number of rotatable bonds is 5. The van der Waals surface area contributed by atoms with E-state index in [4.69, 9.17) is 0 Å². The van der Waals surface area contributed by atoms with Crippen molar-refractivity contribution in [1.29, 1.82) is 0 Å². The molecule has 27 heavy (non-hydrogen) atoms. The van der Waals surface area contributed by atoms with Crippen LogP contribution in [-0.2, 0) is 17.6 Å². The number of benzene rings is 1. The number of anilines is 1. The summed E-state index contributed by atoms with van der Waals surface area (Å²) in [4.78, 5) is 28.7. The van der Waals surface area contributed by atoms with Gasteiger partial charge in [-0.1, -0.05) is 0 Å². The van der Waals surface area contributed by atoms with Crippen molar-refractivity contribution in [1.82, 2.24) is 4.90 Å². The maximum atomic E-state index is 13.3.